The number of nitrogens with zero attached hydrogens (tertiary/aromatic N) is 1. The highest BCUT2D eigenvalue weighted by Gasteiger charge is 2.26. The molecule has 0 unspecified atom stereocenters. The summed E-state index contributed by atoms with van der Waals surface area (Å²) in [6.07, 6.45) is 6.99. The first kappa shape index (κ1) is 10.7. The van der Waals surface area contributed by atoms with E-state index < -0.39 is 0 Å². The molecule has 1 aliphatic carbocycles. The van der Waals surface area contributed by atoms with Gasteiger partial charge < -0.3 is 10.7 Å². The van der Waals surface area contributed by atoms with Gasteiger partial charge in [-0.05, 0) is 25.8 Å². The van der Waals surface area contributed by atoms with Crippen molar-refractivity contribution >= 4 is 0 Å². The van der Waals surface area contributed by atoms with Gasteiger partial charge in [0.25, 0.3) is 0 Å². The van der Waals surface area contributed by atoms with Crippen molar-refractivity contribution in [3.63, 3.8) is 0 Å². The van der Waals surface area contributed by atoms with Crippen LogP contribution in [0, 0.1) is 0 Å². The standard InChI is InChI=1S/C12H21N3/c1-12(2,6-7-13)11-14-8-10(15-11)9-4-3-5-9/h8-9H,3-7,13H2,1-2H3,(H,14,15). The minimum atomic E-state index is 0.0801. The summed E-state index contributed by atoms with van der Waals surface area (Å²) >= 11 is 0. The van der Waals surface area contributed by atoms with Crippen LogP contribution in [0.3, 0.4) is 0 Å². The van der Waals surface area contributed by atoms with Crippen molar-refractivity contribution < 1.29 is 0 Å². The maximum atomic E-state index is 5.61. The van der Waals surface area contributed by atoms with Crippen LogP contribution in [0.2, 0.25) is 0 Å². The molecule has 1 heterocycles. The summed E-state index contributed by atoms with van der Waals surface area (Å²) in [6, 6.07) is 0. The van der Waals surface area contributed by atoms with Crippen LogP contribution < -0.4 is 5.73 Å². The first-order valence-electron chi connectivity index (χ1n) is 5.89. The lowest BCUT2D eigenvalue weighted by molar-refractivity contribution is 0.408. The number of hydrogen-bond donors (Lipinski definition) is 2. The first-order chi connectivity index (χ1) is 7.13. The van der Waals surface area contributed by atoms with Crippen LogP contribution in [0.4, 0.5) is 0 Å². The molecule has 0 radical (unpaired) electrons. The van der Waals surface area contributed by atoms with Crippen LogP contribution in [-0.4, -0.2) is 16.5 Å². The quantitative estimate of drug-likeness (QED) is 0.796. The molecule has 84 valence electrons. The van der Waals surface area contributed by atoms with Crippen LogP contribution in [0.1, 0.15) is 57.0 Å². The lowest BCUT2D eigenvalue weighted by Crippen LogP contribution is -2.23. The van der Waals surface area contributed by atoms with Crippen molar-refractivity contribution in [2.24, 2.45) is 5.73 Å². The van der Waals surface area contributed by atoms with Gasteiger partial charge in [0.15, 0.2) is 0 Å². The Kier molecular flexibility index (Phi) is 2.83. The second-order valence-corrected chi connectivity index (χ2v) is 5.24. The normalized spacial score (nSPS) is 17.8. The van der Waals surface area contributed by atoms with Crippen LogP contribution in [0.25, 0.3) is 0 Å². The molecule has 1 fully saturated rings. The fourth-order valence-corrected chi connectivity index (χ4v) is 2.09. The van der Waals surface area contributed by atoms with Gasteiger partial charge in [0.2, 0.25) is 0 Å². The molecule has 0 amide bonds. The largest absolute Gasteiger partial charge is 0.345 e. The third-order valence-electron chi connectivity index (χ3n) is 3.55. The Morgan fingerprint density at radius 2 is 2.27 bits per heavy atom. The van der Waals surface area contributed by atoms with E-state index in [1.807, 2.05) is 6.20 Å². The van der Waals surface area contributed by atoms with Crippen molar-refractivity contribution in [1.29, 1.82) is 0 Å². The van der Waals surface area contributed by atoms with E-state index >= 15 is 0 Å². The summed E-state index contributed by atoms with van der Waals surface area (Å²) < 4.78 is 0. The minimum absolute atomic E-state index is 0.0801. The molecule has 2 rings (SSSR count). The number of H-pyrrole nitrogens is 1. The number of aromatic amines is 1. The summed E-state index contributed by atoms with van der Waals surface area (Å²) in [5.74, 6) is 1.83. The fourth-order valence-electron chi connectivity index (χ4n) is 2.09. The molecule has 0 saturated heterocycles. The molecule has 1 saturated carbocycles. The topological polar surface area (TPSA) is 54.7 Å². The van der Waals surface area contributed by atoms with Gasteiger partial charge in [0, 0.05) is 23.2 Å². The smallest absolute Gasteiger partial charge is 0.111 e. The average molecular weight is 207 g/mol. The van der Waals surface area contributed by atoms with Crippen LogP contribution in [-0.2, 0) is 5.41 Å². The molecule has 1 aromatic heterocycles. The maximum Gasteiger partial charge on any atom is 0.111 e. The zero-order chi connectivity index (χ0) is 10.9. The molecule has 1 aliphatic rings. The van der Waals surface area contributed by atoms with Gasteiger partial charge >= 0.3 is 0 Å². The van der Waals surface area contributed by atoms with Gasteiger partial charge in [-0.15, -0.1) is 0 Å². The zero-order valence-electron chi connectivity index (χ0n) is 9.71. The van der Waals surface area contributed by atoms with Crippen molar-refractivity contribution in [1.82, 2.24) is 9.97 Å². The highest BCUT2D eigenvalue weighted by Crippen LogP contribution is 2.36. The second-order valence-electron chi connectivity index (χ2n) is 5.24. The summed E-state index contributed by atoms with van der Waals surface area (Å²) in [7, 11) is 0. The Balaban J connectivity index is 2.11. The zero-order valence-corrected chi connectivity index (χ0v) is 9.71. The number of aromatic nitrogens is 2. The van der Waals surface area contributed by atoms with Crippen molar-refractivity contribution in [2.45, 2.75) is 50.9 Å². The number of hydrogen-bond acceptors (Lipinski definition) is 2. The average Bonchev–Trinajstić information content (AvgIpc) is 2.50. The summed E-state index contributed by atoms with van der Waals surface area (Å²) in [5, 5.41) is 0. The lowest BCUT2D eigenvalue weighted by atomic mass is 9.83. The third-order valence-corrected chi connectivity index (χ3v) is 3.55. The molecule has 15 heavy (non-hydrogen) atoms. The first-order valence-corrected chi connectivity index (χ1v) is 5.89. The fraction of sp³-hybridized carbons (Fsp3) is 0.750. The number of imidazole rings is 1. The molecule has 3 N–H and O–H groups in total. The van der Waals surface area contributed by atoms with E-state index in [1.54, 1.807) is 0 Å². The summed E-state index contributed by atoms with van der Waals surface area (Å²) in [6.45, 7) is 5.11. The molecule has 0 atom stereocenters. The lowest BCUT2D eigenvalue weighted by Gasteiger charge is -2.25. The predicted molar refractivity (Wildman–Crippen MR) is 61.9 cm³/mol. The van der Waals surface area contributed by atoms with Gasteiger partial charge in [0.1, 0.15) is 5.82 Å². The molecular weight excluding hydrogens is 186 g/mol. The van der Waals surface area contributed by atoms with Gasteiger partial charge in [-0.1, -0.05) is 20.3 Å². The number of nitrogens with one attached hydrogen (secondary N) is 1. The van der Waals surface area contributed by atoms with E-state index in [1.165, 1.54) is 25.0 Å². The Hall–Kier alpha value is -0.830. The van der Waals surface area contributed by atoms with E-state index in [0.29, 0.717) is 6.54 Å². The Morgan fingerprint density at radius 3 is 2.80 bits per heavy atom. The van der Waals surface area contributed by atoms with Crippen molar-refractivity contribution in [3.8, 4) is 0 Å². The predicted octanol–water partition coefficient (Wildman–Crippen LogP) is 2.30. The molecule has 0 bridgehead atoms. The number of rotatable bonds is 4. The van der Waals surface area contributed by atoms with E-state index in [0.717, 1.165) is 18.2 Å². The van der Waals surface area contributed by atoms with E-state index in [2.05, 4.69) is 23.8 Å². The number of nitrogens with two attached hydrogens (primary N) is 1. The molecule has 0 spiro atoms. The third kappa shape index (κ3) is 2.07. The molecule has 0 aromatic carbocycles. The summed E-state index contributed by atoms with van der Waals surface area (Å²) in [4.78, 5) is 7.97. The van der Waals surface area contributed by atoms with Gasteiger partial charge in [-0.2, -0.15) is 0 Å². The van der Waals surface area contributed by atoms with Gasteiger partial charge in [0.05, 0.1) is 0 Å². The SMILES string of the molecule is CC(C)(CCN)c1ncc(C2CCC2)[nH]1. The van der Waals surface area contributed by atoms with Crippen LogP contribution >= 0.6 is 0 Å². The van der Waals surface area contributed by atoms with E-state index in [4.69, 9.17) is 5.73 Å². The highest BCUT2D eigenvalue weighted by molar-refractivity contribution is 5.15. The molecular formula is C12H21N3. The van der Waals surface area contributed by atoms with Gasteiger partial charge in [-0.25, -0.2) is 4.98 Å². The van der Waals surface area contributed by atoms with E-state index in [-0.39, 0.29) is 5.41 Å². The Bertz CT molecular complexity index is 323. The Morgan fingerprint density at radius 1 is 1.53 bits per heavy atom. The van der Waals surface area contributed by atoms with Crippen LogP contribution in [0.5, 0.6) is 0 Å². The molecule has 0 aliphatic heterocycles. The second kappa shape index (κ2) is 3.97. The monoisotopic (exact) mass is 207 g/mol. The van der Waals surface area contributed by atoms with Crippen molar-refractivity contribution in [3.05, 3.63) is 17.7 Å². The van der Waals surface area contributed by atoms with Crippen molar-refractivity contribution in [2.75, 3.05) is 6.54 Å². The Labute approximate surface area is 91.5 Å². The highest BCUT2D eigenvalue weighted by atomic mass is 14.9. The van der Waals surface area contributed by atoms with E-state index in [9.17, 15) is 0 Å². The molecule has 1 aromatic rings. The molecule has 3 heteroatoms. The van der Waals surface area contributed by atoms with Crippen LogP contribution in [0.15, 0.2) is 6.20 Å². The van der Waals surface area contributed by atoms with Gasteiger partial charge in [-0.3, -0.25) is 0 Å². The minimum Gasteiger partial charge on any atom is -0.345 e. The molecule has 3 nitrogen and oxygen atoms in total. The summed E-state index contributed by atoms with van der Waals surface area (Å²) in [5.41, 5.74) is 7.02. The maximum absolute atomic E-state index is 5.61.